The fourth-order valence-corrected chi connectivity index (χ4v) is 7.98. The van der Waals surface area contributed by atoms with E-state index in [0.717, 1.165) is 55.4 Å². The molecule has 1 N–H and O–H groups in total. The summed E-state index contributed by atoms with van der Waals surface area (Å²) in [6.07, 6.45) is 2.05. The summed E-state index contributed by atoms with van der Waals surface area (Å²) in [5.41, 5.74) is 2.62. The first-order valence-corrected chi connectivity index (χ1v) is 18.4. The van der Waals surface area contributed by atoms with Crippen molar-refractivity contribution < 1.29 is 19.5 Å². The molecule has 3 aromatic rings. The predicted molar refractivity (Wildman–Crippen MR) is 199 cm³/mol. The quantitative estimate of drug-likeness (QED) is 0.302. The number of hydrogen-bond donors (Lipinski definition) is 1. The molecule has 0 saturated carbocycles. The highest BCUT2D eigenvalue weighted by Gasteiger charge is 2.51. The lowest BCUT2D eigenvalue weighted by atomic mass is 9.98. The Kier molecular flexibility index (Phi) is 10.6. The number of fused-ring (bicyclic) bond motifs is 1. The van der Waals surface area contributed by atoms with Gasteiger partial charge in [-0.3, -0.25) is 19.3 Å². The highest BCUT2D eigenvalue weighted by atomic mass is 16.3. The molecule has 7 rings (SSSR count). The van der Waals surface area contributed by atoms with E-state index in [-0.39, 0.29) is 55.9 Å². The standard InChI is InChI=1S/C40H50N8O4/c1-4-19-46-28-39(51)47-35(22-31-13-16-34(49)17-14-31)40(52)45(27-37(47)48(46)38(50)18-15-30-9-6-5-7-10-30)24-32-11-8-12-36(41-32)44-25-33(26-44)43-21-20-42(3)29(2)23-43/h4-14,16-17,29,33,35,37,49H,1,15,18-28H2,2-3H3/t29-,35-,37?/m0/s1. The zero-order valence-electron chi connectivity index (χ0n) is 30.3. The first kappa shape index (κ1) is 35.6. The van der Waals surface area contributed by atoms with Crippen molar-refractivity contribution in [3.05, 3.63) is 102 Å². The lowest BCUT2D eigenvalue weighted by Gasteiger charge is -2.55. The van der Waals surface area contributed by atoms with Crippen LogP contribution in [0.2, 0.25) is 0 Å². The van der Waals surface area contributed by atoms with E-state index in [2.05, 4.69) is 35.3 Å². The van der Waals surface area contributed by atoms with Crippen molar-refractivity contribution in [3.8, 4) is 5.75 Å². The number of nitrogens with zero attached hydrogens (tertiary/aromatic N) is 8. The summed E-state index contributed by atoms with van der Waals surface area (Å²) in [5, 5.41) is 13.4. The summed E-state index contributed by atoms with van der Waals surface area (Å²) in [6.45, 7) is 11.9. The van der Waals surface area contributed by atoms with E-state index >= 15 is 0 Å². The summed E-state index contributed by atoms with van der Waals surface area (Å²) < 4.78 is 0. The van der Waals surface area contributed by atoms with Crippen molar-refractivity contribution >= 4 is 23.5 Å². The molecule has 4 fully saturated rings. The van der Waals surface area contributed by atoms with Gasteiger partial charge in [0.15, 0.2) is 0 Å². The van der Waals surface area contributed by atoms with Crippen LogP contribution in [0.1, 0.15) is 30.2 Å². The Hall–Kier alpha value is -4.78. The summed E-state index contributed by atoms with van der Waals surface area (Å²) in [5.74, 6) is 0.503. The molecule has 4 saturated heterocycles. The van der Waals surface area contributed by atoms with Gasteiger partial charge in [0, 0.05) is 64.2 Å². The molecular formula is C40H50N8O4. The summed E-state index contributed by atoms with van der Waals surface area (Å²) in [6, 6.07) is 22.8. The number of carbonyl (C=O) groups excluding carboxylic acids is 3. The number of hydrogen-bond acceptors (Lipinski definition) is 9. The molecule has 1 aromatic heterocycles. The topological polar surface area (TPSA) is 107 Å². The van der Waals surface area contributed by atoms with Crippen LogP contribution in [0.3, 0.4) is 0 Å². The van der Waals surface area contributed by atoms with E-state index in [9.17, 15) is 19.5 Å². The molecule has 1 unspecified atom stereocenters. The van der Waals surface area contributed by atoms with Gasteiger partial charge in [-0.05, 0) is 55.8 Å². The molecule has 5 heterocycles. The van der Waals surface area contributed by atoms with Crippen molar-refractivity contribution in [2.24, 2.45) is 0 Å². The van der Waals surface area contributed by atoms with Gasteiger partial charge in [-0.1, -0.05) is 54.6 Å². The zero-order chi connectivity index (χ0) is 36.4. The van der Waals surface area contributed by atoms with Crippen LogP contribution in [-0.2, 0) is 33.8 Å². The summed E-state index contributed by atoms with van der Waals surface area (Å²) in [7, 11) is 2.19. The number of rotatable bonds is 11. The van der Waals surface area contributed by atoms with Crippen LogP contribution in [0.15, 0.2) is 85.5 Å². The van der Waals surface area contributed by atoms with E-state index in [1.807, 2.05) is 48.5 Å². The minimum absolute atomic E-state index is 0.0353. The van der Waals surface area contributed by atoms with E-state index in [1.54, 1.807) is 50.2 Å². The van der Waals surface area contributed by atoms with Crippen molar-refractivity contribution in [1.82, 2.24) is 34.6 Å². The van der Waals surface area contributed by atoms with Gasteiger partial charge >= 0.3 is 0 Å². The molecular weight excluding hydrogens is 656 g/mol. The average molecular weight is 707 g/mol. The molecule has 3 amide bonds. The number of phenols is 1. The van der Waals surface area contributed by atoms with Crippen LogP contribution in [0.5, 0.6) is 5.75 Å². The molecule has 2 aromatic carbocycles. The number of aromatic hydroxyl groups is 1. The molecule has 12 heteroatoms. The second-order valence-electron chi connectivity index (χ2n) is 14.6. The number of amides is 3. The number of aryl methyl sites for hydroxylation is 1. The van der Waals surface area contributed by atoms with Gasteiger partial charge in [-0.25, -0.2) is 15.0 Å². The number of benzene rings is 2. The van der Waals surface area contributed by atoms with Gasteiger partial charge in [0.25, 0.3) is 0 Å². The Morgan fingerprint density at radius 3 is 2.44 bits per heavy atom. The summed E-state index contributed by atoms with van der Waals surface area (Å²) >= 11 is 0. The number of phenolic OH excluding ortho intramolecular Hbond substituents is 1. The van der Waals surface area contributed by atoms with Crippen molar-refractivity contribution in [2.75, 3.05) is 64.3 Å². The zero-order valence-corrected chi connectivity index (χ0v) is 30.3. The SMILES string of the molecule is C=CCN1CC(=O)N2C(CN(Cc3cccc(N4CC(N5CCN(C)[C@@H](C)C5)C4)n3)C(=O)[C@@H]2Cc2ccc(O)cc2)N1C(=O)CCc1ccccc1. The molecule has 0 radical (unpaired) electrons. The van der Waals surface area contributed by atoms with E-state index in [4.69, 9.17) is 4.98 Å². The van der Waals surface area contributed by atoms with E-state index < -0.39 is 12.2 Å². The normalized spacial score (nSPS) is 23.5. The maximum atomic E-state index is 14.5. The van der Waals surface area contributed by atoms with Gasteiger partial charge in [0.2, 0.25) is 17.7 Å². The second-order valence-corrected chi connectivity index (χ2v) is 14.6. The third-order valence-corrected chi connectivity index (χ3v) is 11.1. The Morgan fingerprint density at radius 1 is 0.942 bits per heavy atom. The third-order valence-electron chi connectivity index (χ3n) is 11.1. The average Bonchev–Trinajstić information content (AvgIpc) is 3.11. The number of anilines is 1. The molecule has 274 valence electrons. The molecule has 0 spiro atoms. The number of likely N-dealkylation sites (N-methyl/N-ethyl adjacent to an activating group) is 1. The van der Waals surface area contributed by atoms with E-state index in [0.29, 0.717) is 25.0 Å². The van der Waals surface area contributed by atoms with Crippen LogP contribution in [0.25, 0.3) is 0 Å². The number of aromatic nitrogens is 1. The monoisotopic (exact) mass is 706 g/mol. The molecule has 0 bridgehead atoms. The lowest BCUT2D eigenvalue weighted by molar-refractivity contribution is -0.205. The first-order valence-electron chi connectivity index (χ1n) is 18.4. The molecule has 52 heavy (non-hydrogen) atoms. The molecule has 3 atom stereocenters. The molecule has 0 aliphatic carbocycles. The molecule has 4 aliphatic heterocycles. The highest BCUT2D eigenvalue weighted by Crippen LogP contribution is 2.31. The fraction of sp³-hybridized carbons (Fsp3) is 0.450. The largest absolute Gasteiger partial charge is 0.508 e. The Morgan fingerprint density at radius 2 is 1.71 bits per heavy atom. The number of piperazine rings is 2. The molecule has 12 nitrogen and oxygen atoms in total. The number of hydrazine groups is 1. The van der Waals surface area contributed by atoms with Gasteiger partial charge in [-0.15, -0.1) is 6.58 Å². The summed E-state index contributed by atoms with van der Waals surface area (Å²) in [4.78, 5) is 58.2. The van der Waals surface area contributed by atoms with Crippen molar-refractivity contribution in [2.45, 2.75) is 57.0 Å². The van der Waals surface area contributed by atoms with Crippen LogP contribution in [0, 0.1) is 0 Å². The van der Waals surface area contributed by atoms with Gasteiger partial charge in [0.1, 0.15) is 23.8 Å². The predicted octanol–water partition coefficient (Wildman–Crippen LogP) is 2.60. The fourth-order valence-electron chi connectivity index (χ4n) is 7.98. The van der Waals surface area contributed by atoms with Gasteiger partial charge in [-0.2, -0.15) is 0 Å². The minimum Gasteiger partial charge on any atom is -0.508 e. The van der Waals surface area contributed by atoms with Crippen molar-refractivity contribution in [1.29, 1.82) is 0 Å². The van der Waals surface area contributed by atoms with Crippen molar-refractivity contribution in [3.63, 3.8) is 0 Å². The highest BCUT2D eigenvalue weighted by molar-refractivity contribution is 5.92. The second kappa shape index (κ2) is 15.4. The first-order chi connectivity index (χ1) is 25.2. The minimum atomic E-state index is -0.837. The maximum absolute atomic E-state index is 14.5. The smallest absolute Gasteiger partial charge is 0.246 e. The van der Waals surface area contributed by atoms with Crippen LogP contribution in [-0.4, -0.2) is 141 Å². The number of carbonyl (C=O) groups is 3. The molecule has 4 aliphatic rings. The van der Waals surface area contributed by atoms with Gasteiger partial charge < -0.3 is 24.7 Å². The lowest BCUT2D eigenvalue weighted by Crippen LogP contribution is -2.75. The van der Waals surface area contributed by atoms with Gasteiger partial charge in [0.05, 0.1) is 25.3 Å². The van der Waals surface area contributed by atoms with Crippen LogP contribution in [0.4, 0.5) is 5.82 Å². The number of pyridine rings is 1. The van der Waals surface area contributed by atoms with Crippen LogP contribution < -0.4 is 4.90 Å². The third kappa shape index (κ3) is 7.55. The Bertz CT molecular complexity index is 1750. The Labute approximate surface area is 306 Å². The maximum Gasteiger partial charge on any atom is 0.246 e. The van der Waals surface area contributed by atoms with Crippen LogP contribution >= 0.6 is 0 Å². The van der Waals surface area contributed by atoms with E-state index in [1.165, 1.54) is 0 Å². The Balaban J connectivity index is 1.13.